The molecular weight excluding hydrogens is 230 g/mol. The van der Waals surface area contributed by atoms with Crippen molar-refractivity contribution in [3.8, 4) is 0 Å². The fourth-order valence-electron chi connectivity index (χ4n) is 2.25. The van der Waals surface area contributed by atoms with E-state index < -0.39 is 0 Å². The lowest BCUT2D eigenvalue weighted by Gasteiger charge is -2.24. The molecule has 0 aromatic carbocycles. The molecule has 0 aliphatic heterocycles. The summed E-state index contributed by atoms with van der Waals surface area (Å²) in [6.45, 7) is 2.42. The Morgan fingerprint density at radius 2 is 2.28 bits per heavy atom. The van der Waals surface area contributed by atoms with Crippen molar-refractivity contribution in [2.24, 2.45) is 0 Å². The summed E-state index contributed by atoms with van der Waals surface area (Å²) in [5.41, 5.74) is 0.812. The van der Waals surface area contributed by atoms with E-state index in [0.717, 1.165) is 18.5 Å². The van der Waals surface area contributed by atoms with Crippen LogP contribution in [0.1, 0.15) is 44.7 Å². The van der Waals surface area contributed by atoms with Crippen LogP contribution in [0.2, 0.25) is 0 Å². The summed E-state index contributed by atoms with van der Waals surface area (Å²) in [4.78, 5) is 12.0. The third kappa shape index (κ3) is 3.84. The lowest BCUT2D eigenvalue weighted by molar-refractivity contribution is -0.123. The zero-order valence-corrected chi connectivity index (χ0v) is 10.8. The topological polar surface area (TPSA) is 67.2 Å². The van der Waals surface area contributed by atoms with Crippen molar-refractivity contribution in [2.45, 2.75) is 57.7 Å². The summed E-state index contributed by atoms with van der Waals surface area (Å²) < 4.78 is 4.74. The van der Waals surface area contributed by atoms with E-state index in [1.807, 2.05) is 6.92 Å². The average molecular weight is 251 g/mol. The molecule has 0 saturated heterocycles. The number of nitrogens with one attached hydrogen (secondary N) is 2. The molecule has 1 aromatic rings. The third-order valence-corrected chi connectivity index (χ3v) is 3.43. The second-order valence-electron chi connectivity index (χ2n) is 4.94. The van der Waals surface area contributed by atoms with E-state index in [2.05, 4.69) is 15.8 Å². The predicted octanol–water partition coefficient (Wildman–Crippen LogP) is 1.60. The van der Waals surface area contributed by atoms with Crippen molar-refractivity contribution in [1.29, 1.82) is 0 Å². The summed E-state index contributed by atoms with van der Waals surface area (Å²) >= 11 is 0. The SMILES string of the molecule is CC(NCc1ccon1)C(=O)NC1CCCCC1. The fraction of sp³-hybridized carbons (Fsp3) is 0.692. The molecule has 1 amide bonds. The van der Waals surface area contributed by atoms with Crippen LogP contribution in [0.15, 0.2) is 16.9 Å². The van der Waals surface area contributed by atoms with E-state index in [9.17, 15) is 4.79 Å². The Hall–Kier alpha value is -1.36. The first kappa shape index (κ1) is 13.1. The fourth-order valence-corrected chi connectivity index (χ4v) is 2.25. The van der Waals surface area contributed by atoms with Crippen LogP contribution in [0.4, 0.5) is 0 Å². The highest BCUT2D eigenvalue weighted by Gasteiger charge is 2.19. The van der Waals surface area contributed by atoms with Crippen LogP contribution in [0.5, 0.6) is 0 Å². The minimum absolute atomic E-state index is 0.0744. The molecule has 5 nitrogen and oxygen atoms in total. The van der Waals surface area contributed by atoms with Gasteiger partial charge in [0.2, 0.25) is 5.91 Å². The first-order valence-corrected chi connectivity index (χ1v) is 6.68. The zero-order chi connectivity index (χ0) is 12.8. The minimum atomic E-state index is -0.205. The number of carbonyl (C=O) groups excluding carboxylic acids is 1. The van der Waals surface area contributed by atoms with Gasteiger partial charge in [-0.1, -0.05) is 24.4 Å². The van der Waals surface area contributed by atoms with Gasteiger partial charge in [-0.05, 0) is 19.8 Å². The lowest BCUT2D eigenvalue weighted by Crippen LogP contribution is -2.46. The summed E-state index contributed by atoms with van der Waals surface area (Å²) in [6.07, 6.45) is 7.51. The molecule has 0 radical (unpaired) electrons. The Kier molecular flexibility index (Phi) is 4.75. The van der Waals surface area contributed by atoms with E-state index in [-0.39, 0.29) is 11.9 Å². The van der Waals surface area contributed by atoms with E-state index in [1.54, 1.807) is 6.07 Å². The Morgan fingerprint density at radius 1 is 1.50 bits per heavy atom. The van der Waals surface area contributed by atoms with Crippen LogP contribution < -0.4 is 10.6 Å². The molecule has 1 aromatic heterocycles. The molecule has 100 valence electrons. The van der Waals surface area contributed by atoms with Gasteiger partial charge in [0.15, 0.2) is 0 Å². The standard InChI is InChI=1S/C13H21N3O2/c1-10(14-9-12-7-8-18-16-12)13(17)15-11-5-3-2-4-6-11/h7-8,10-11,14H,2-6,9H2,1H3,(H,15,17). The Labute approximate surface area is 107 Å². The van der Waals surface area contributed by atoms with Crippen LogP contribution >= 0.6 is 0 Å². The van der Waals surface area contributed by atoms with Crippen molar-refractivity contribution in [2.75, 3.05) is 0 Å². The molecule has 1 unspecified atom stereocenters. The number of hydrogen-bond donors (Lipinski definition) is 2. The maximum Gasteiger partial charge on any atom is 0.237 e. The summed E-state index contributed by atoms with van der Waals surface area (Å²) in [5.74, 6) is 0.0744. The molecule has 2 N–H and O–H groups in total. The molecule has 1 aliphatic rings. The highest BCUT2D eigenvalue weighted by molar-refractivity contribution is 5.81. The number of hydrogen-bond acceptors (Lipinski definition) is 4. The molecule has 0 bridgehead atoms. The monoisotopic (exact) mass is 251 g/mol. The van der Waals surface area contributed by atoms with Gasteiger partial charge in [-0.25, -0.2) is 0 Å². The van der Waals surface area contributed by atoms with Crippen molar-refractivity contribution < 1.29 is 9.32 Å². The van der Waals surface area contributed by atoms with Crippen LogP contribution in [-0.4, -0.2) is 23.1 Å². The van der Waals surface area contributed by atoms with E-state index >= 15 is 0 Å². The van der Waals surface area contributed by atoms with Crippen LogP contribution in [0, 0.1) is 0 Å². The molecule has 1 heterocycles. The molecule has 1 aliphatic carbocycles. The van der Waals surface area contributed by atoms with Gasteiger partial charge >= 0.3 is 0 Å². The smallest absolute Gasteiger partial charge is 0.237 e. The summed E-state index contributed by atoms with van der Waals surface area (Å²) in [7, 11) is 0. The van der Waals surface area contributed by atoms with Crippen molar-refractivity contribution in [3.63, 3.8) is 0 Å². The predicted molar refractivity (Wildman–Crippen MR) is 67.8 cm³/mol. The second kappa shape index (κ2) is 6.54. The van der Waals surface area contributed by atoms with E-state index in [0.29, 0.717) is 12.6 Å². The molecule has 1 atom stereocenters. The van der Waals surface area contributed by atoms with Gasteiger partial charge in [-0.2, -0.15) is 0 Å². The molecular formula is C13H21N3O2. The van der Waals surface area contributed by atoms with Crippen LogP contribution in [0.25, 0.3) is 0 Å². The number of nitrogens with zero attached hydrogens (tertiary/aromatic N) is 1. The minimum Gasteiger partial charge on any atom is -0.364 e. The van der Waals surface area contributed by atoms with Gasteiger partial charge in [0.05, 0.1) is 11.7 Å². The highest BCUT2D eigenvalue weighted by atomic mass is 16.5. The summed E-state index contributed by atoms with van der Waals surface area (Å²) in [6, 6.07) is 1.95. The molecule has 2 rings (SSSR count). The Morgan fingerprint density at radius 3 is 2.94 bits per heavy atom. The Bertz CT molecular complexity index is 358. The van der Waals surface area contributed by atoms with Crippen LogP contribution in [0.3, 0.4) is 0 Å². The number of rotatable bonds is 5. The van der Waals surface area contributed by atoms with Crippen molar-refractivity contribution >= 4 is 5.91 Å². The molecule has 1 saturated carbocycles. The maximum atomic E-state index is 12.0. The lowest BCUT2D eigenvalue weighted by atomic mass is 9.95. The Balaban J connectivity index is 1.70. The average Bonchev–Trinajstić information content (AvgIpc) is 2.90. The zero-order valence-electron chi connectivity index (χ0n) is 10.8. The second-order valence-corrected chi connectivity index (χ2v) is 4.94. The maximum absolute atomic E-state index is 12.0. The normalized spacial score (nSPS) is 18.5. The summed E-state index contributed by atoms with van der Waals surface area (Å²) in [5, 5.41) is 10.0. The van der Waals surface area contributed by atoms with E-state index in [4.69, 9.17) is 4.52 Å². The van der Waals surface area contributed by atoms with Gasteiger partial charge in [-0.15, -0.1) is 0 Å². The number of amides is 1. The van der Waals surface area contributed by atoms with Crippen molar-refractivity contribution in [3.05, 3.63) is 18.0 Å². The first-order chi connectivity index (χ1) is 8.75. The van der Waals surface area contributed by atoms with Crippen molar-refractivity contribution in [1.82, 2.24) is 15.8 Å². The van der Waals surface area contributed by atoms with Gasteiger partial charge in [0.25, 0.3) is 0 Å². The first-order valence-electron chi connectivity index (χ1n) is 6.68. The van der Waals surface area contributed by atoms with Gasteiger partial charge in [0, 0.05) is 18.7 Å². The molecule has 18 heavy (non-hydrogen) atoms. The van der Waals surface area contributed by atoms with Gasteiger partial charge < -0.3 is 15.2 Å². The quantitative estimate of drug-likeness (QED) is 0.834. The number of aromatic nitrogens is 1. The third-order valence-electron chi connectivity index (χ3n) is 3.43. The molecule has 1 fully saturated rings. The molecule has 0 spiro atoms. The largest absolute Gasteiger partial charge is 0.364 e. The molecule has 5 heteroatoms. The van der Waals surface area contributed by atoms with Crippen LogP contribution in [-0.2, 0) is 11.3 Å². The highest BCUT2D eigenvalue weighted by Crippen LogP contribution is 2.17. The van der Waals surface area contributed by atoms with Gasteiger partial charge in [-0.3, -0.25) is 4.79 Å². The van der Waals surface area contributed by atoms with E-state index in [1.165, 1.54) is 25.5 Å². The van der Waals surface area contributed by atoms with Gasteiger partial charge in [0.1, 0.15) is 6.26 Å². The number of carbonyl (C=O) groups is 1.